The Morgan fingerprint density at radius 3 is 2.30 bits per heavy atom. The van der Waals surface area contributed by atoms with Crippen LogP contribution in [-0.2, 0) is 0 Å². The van der Waals surface area contributed by atoms with Gasteiger partial charge in [-0.25, -0.2) is 0 Å². The Labute approximate surface area is 124 Å². The van der Waals surface area contributed by atoms with E-state index in [1.165, 1.54) is 36.2 Å². The van der Waals surface area contributed by atoms with Crippen molar-refractivity contribution >= 4 is 0 Å². The van der Waals surface area contributed by atoms with E-state index < -0.39 is 0 Å². The zero-order valence-corrected chi connectivity index (χ0v) is 14.2. The van der Waals surface area contributed by atoms with Crippen LogP contribution in [0.15, 0.2) is 0 Å². The first-order valence-corrected chi connectivity index (χ1v) is 8.15. The minimum absolute atomic E-state index is 0.412. The molecule has 20 heavy (non-hydrogen) atoms. The van der Waals surface area contributed by atoms with Gasteiger partial charge in [0, 0.05) is 17.8 Å². The lowest BCUT2D eigenvalue weighted by Gasteiger charge is -2.56. The van der Waals surface area contributed by atoms with Crippen molar-refractivity contribution in [3.63, 3.8) is 0 Å². The fraction of sp³-hybridized carbons (Fsp3) is 0.824. The Morgan fingerprint density at radius 2 is 1.90 bits per heavy atom. The summed E-state index contributed by atoms with van der Waals surface area (Å²) >= 11 is 0. The minimum Gasteiger partial charge on any atom is -0.316 e. The van der Waals surface area contributed by atoms with Gasteiger partial charge >= 0.3 is 0 Å². The summed E-state index contributed by atoms with van der Waals surface area (Å²) in [5.41, 5.74) is 4.55. The maximum absolute atomic E-state index is 4.79. The molecule has 0 spiro atoms. The maximum Gasteiger partial charge on any atom is 0.0631 e. The first-order chi connectivity index (χ1) is 9.42. The third-order valence-corrected chi connectivity index (χ3v) is 5.74. The van der Waals surface area contributed by atoms with Crippen molar-refractivity contribution in [2.24, 2.45) is 5.41 Å². The molecule has 0 aromatic carbocycles. The van der Waals surface area contributed by atoms with Crippen LogP contribution in [0.5, 0.6) is 0 Å². The molecule has 1 aliphatic carbocycles. The van der Waals surface area contributed by atoms with Gasteiger partial charge in [-0.2, -0.15) is 5.10 Å². The second-order valence-electron chi connectivity index (χ2n) is 6.69. The Morgan fingerprint density at radius 1 is 1.30 bits per heavy atom. The lowest BCUT2D eigenvalue weighted by Crippen LogP contribution is -2.57. The standard InChI is InChI=1S/C17H31N3/c1-8-17(9-2)14(10-15(17)18-7)16-12(5)19-20(11(3)4)13(16)6/h11,14-15,18H,8-10H2,1-7H3. The van der Waals surface area contributed by atoms with Crippen molar-refractivity contribution in [1.29, 1.82) is 0 Å². The highest BCUT2D eigenvalue weighted by molar-refractivity contribution is 5.35. The van der Waals surface area contributed by atoms with E-state index in [0.29, 0.717) is 23.4 Å². The Balaban J connectivity index is 2.42. The van der Waals surface area contributed by atoms with Crippen molar-refractivity contribution in [2.75, 3.05) is 7.05 Å². The van der Waals surface area contributed by atoms with Gasteiger partial charge in [-0.3, -0.25) is 4.68 Å². The van der Waals surface area contributed by atoms with Gasteiger partial charge in [0.1, 0.15) is 0 Å². The van der Waals surface area contributed by atoms with Crippen LogP contribution in [0.4, 0.5) is 0 Å². The summed E-state index contributed by atoms with van der Waals surface area (Å²) in [6.45, 7) is 13.6. The van der Waals surface area contributed by atoms with Crippen LogP contribution < -0.4 is 5.32 Å². The molecular formula is C17H31N3. The van der Waals surface area contributed by atoms with Crippen molar-refractivity contribution < 1.29 is 0 Å². The molecule has 0 saturated heterocycles. The second kappa shape index (κ2) is 5.51. The average molecular weight is 277 g/mol. The number of aryl methyl sites for hydroxylation is 1. The smallest absolute Gasteiger partial charge is 0.0631 e. The van der Waals surface area contributed by atoms with E-state index in [4.69, 9.17) is 5.10 Å². The number of rotatable bonds is 5. The average Bonchev–Trinajstić information content (AvgIpc) is 2.68. The molecule has 0 aliphatic heterocycles. The van der Waals surface area contributed by atoms with E-state index in [1.807, 2.05) is 0 Å². The fourth-order valence-corrected chi connectivity index (χ4v) is 4.52. The SMILES string of the molecule is CCC1(CC)C(NC)CC1c1c(C)nn(C(C)C)c1C. The van der Waals surface area contributed by atoms with E-state index in [-0.39, 0.29) is 0 Å². The molecule has 2 rings (SSSR count). The Hall–Kier alpha value is -0.830. The monoisotopic (exact) mass is 277 g/mol. The van der Waals surface area contributed by atoms with Crippen LogP contribution in [-0.4, -0.2) is 22.9 Å². The van der Waals surface area contributed by atoms with Gasteiger partial charge in [0.25, 0.3) is 0 Å². The van der Waals surface area contributed by atoms with Crippen LogP contribution in [0.3, 0.4) is 0 Å². The summed E-state index contributed by atoms with van der Waals surface area (Å²) in [5, 5.41) is 8.33. The topological polar surface area (TPSA) is 29.9 Å². The van der Waals surface area contributed by atoms with Crippen molar-refractivity contribution in [3.05, 3.63) is 17.0 Å². The molecule has 114 valence electrons. The van der Waals surface area contributed by atoms with Crippen molar-refractivity contribution in [2.45, 2.75) is 78.8 Å². The van der Waals surface area contributed by atoms with Crippen molar-refractivity contribution in [1.82, 2.24) is 15.1 Å². The van der Waals surface area contributed by atoms with Crippen LogP contribution in [0.2, 0.25) is 0 Å². The van der Waals surface area contributed by atoms with Gasteiger partial charge in [-0.1, -0.05) is 13.8 Å². The van der Waals surface area contributed by atoms with E-state index >= 15 is 0 Å². The highest BCUT2D eigenvalue weighted by atomic mass is 15.3. The largest absolute Gasteiger partial charge is 0.316 e. The molecule has 3 heteroatoms. The lowest BCUT2D eigenvalue weighted by molar-refractivity contribution is 0.0238. The molecule has 1 fully saturated rings. The highest BCUT2D eigenvalue weighted by Crippen LogP contribution is 2.58. The lowest BCUT2D eigenvalue weighted by atomic mass is 9.51. The van der Waals surface area contributed by atoms with Gasteiger partial charge < -0.3 is 5.32 Å². The van der Waals surface area contributed by atoms with E-state index in [9.17, 15) is 0 Å². The highest BCUT2D eigenvalue weighted by Gasteiger charge is 2.53. The Kier molecular flexibility index (Phi) is 4.29. The number of nitrogens with one attached hydrogen (secondary N) is 1. The van der Waals surface area contributed by atoms with Crippen LogP contribution in [0.25, 0.3) is 0 Å². The second-order valence-corrected chi connectivity index (χ2v) is 6.69. The van der Waals surface area contributed by atoms with Gasteiger partial charge in [-0.15, -0.1) is 0 Å². The molecular weight excluding hydrogens is 246 g/mol. The van der Waals surface area contributed by atoms with Crippen molar-refractivity contribution in [3.8, 4) is 0 Å². The zero-order valence-electron chi connectivity index (χ0n) is 14.2. The number of hydrogen-bond donors (Lipinski definition) is 1. The molecule has 0 radical (unpaired) electrons. The molecule has 3 nitrogen and oxygen atoms in total. The fourth-order valence-electron chi connectivity index (χ4n) is 4.52. The molecule has 1 aliphatic rings. The van der Waals surface area contributed by atoms with Gasteiger partial charge in [0.05, 0.1) is 5.69 Å². The molecule has 0 amide bonds. The van der Waals surface area contributed by atoms with E-state index in [0.717, 1.165) is 0 Å². The predicted molar refractivity (Wildman–Crippen MR) is 85.3 cm³/mol. The van der Waals surface area contributed by atoms with Gasteiger partial charge in [0.15, 0.2) is 0 Å². The maximum atomic E-state index is 4.79. The summed E-state index contributed by atoms with van der Waals surface area (Å²) in [4.78, 5) is 0. The van der Waals surface area contributed by atoms with Gasteiger partial charge in [-0.05, 0) is 70.9 Å². The van der Waals surface area contributed by atoms with Gasteiger partial charge in [0.2, 0.25) is 0 Å². The molecule has 0 bridgehead atoms. The number of nitrogens with zero attached hydrogens (tertiary/aromatic N) is 2. The minimum atomic E-state index is 0.412. The predicted octanol–water partition coefficient (Wildman–Crippen LogP) is 3.96. The molecule has 2 unspecified atom stereocenters. The number of hydrogen-bond acceptors (Lipinski definition) is 2. The quantitative estimate of drug-likeness (QED) is 0.883. The number of aromatic nitrogens is 2. The first kappa shape index (κ1) is 15.6. The normalized spacial score (nSPS) is 25.0. The summed E-state index contributed by atoms with van der Waals surface area (Å²) < 4.78 is 2.20. The molecule has 2 atom stereocenters. The van der Waals surface area contributed by atoms with E-state index in [1.54, 1.807) is 0 Å². The molecule has 1 N–H and O–H groups in total. The van der Waals surface area contributed by atoms with Crippen LogP contribution >= 0.6 is 0 Å². The van der Waals surface area contributed by atoms with E-state index in [2.05, 4.69) is 58.6 Å². The summed E-state index contributed by atoms with van der Waals surface area (Å²) in [6.07, 6.45) is 3.74. The molecule has 1 aromatic rings. The summed E-state index contributed by atoms with van der Waals surface area (Å²) in [7, 11) is 2.11. The summed E-state index contributed by atoms with van der Waals surface area (Å²) in [5.74, 6) is 0.669. The Bertz CT molecular complexity index is 469. The summed E-state index contributed by atoms with van der Waals surface area (Å²) in [6, 6.07) is 1.10. The third-order valence-electron chi connectivity index (χ3n) is 5.74. The zero-order chi connectivity index (χ0) is 15.1. The third kappa shape index (κ3) is 2.02. The van der Waals surface area contributed by atoms with Crippen LogP contribution in [0, 0.1) is 19.3 Å². The molecule has 1 aromatic heterocycles. The van der Waals surface area contributed by atoms with Crippen LogP contribution in [0.1, 0.15) is 75.9 Å². The molecule has 1 heterocycles. The first-order valence-electron chi connectivity index (χ1n) is 8.15. The molecule has 1 saturated carbocycles.